The van der Waals surface area contributed by atoms with Crippen LogP contribution in [0.2, 0.25) is 0 Å². The maximum Gasteiger partial charge on any atom is 0.237 e. The predicted octanol–water partition coefficient (Wildman–Crippen LogP) is 0.333. The number of hydrogen-bond acceptors (Lipinski definition) is 4. The molecule has 6 heteroatoms. The van der Waals surface area contributed by atoms with Crippen LogP contribution in [0, 0.1) is 23.2 Å². The molecule has 1 atom stereocenters. The lowest BCUT2D eigenvalue weighted by Crippen LogP contribution is -2.35. The Hall–Kier alpha value is -1.09. The molecule has 1 amide bonds. The second-order valence-corrected chi connectivity index (χ2v) is 6.35. The first-order valence-electron chi connectivity index (χ1n) is 5.21. The van der Waals surface area contributed by atoms with Gasteiger partial charge in [0.15, 0.2) is 9.84 Å². The van der Waals surface area contributed by atoms with Crippen molar-refractivity contribution in [3.63, 3.8) is 0 Å². The smallest absolute Gasteiger partial charge is 0.237 e. The number of sulfone groups is 1. The maximum absolute atomic E-state index is 11.5. The third-order valence-electron chi connectivity index (χ3n) is 2.24. The minimum atomic E-state index is -3.07. The first-order chi connectivity index (χ1) is 7.34. The molecule has 0 heterocycles. The number of carbonyl (C=O) groups is 1. The average molecular weight is 246 g/mol. The fourth-order valence-corrected chi connectivity index (χ4v) is 1.80. The number of nitrogens with zero attached hydrogens (tertiary/aromatic N) is 1. The van der Waals surface area contributed by atoms with E-state index in [1.807, 2.05) is 6.07 Å². The highest BCUT2D eigenvalue weighted by Crippen LogP contribution is 2.08. The molecule has 16 heavy (non-hydrogen) atoms. The quantitative estimate of drug-likeness (QED) is 0.731. The van der Waals surface area contributed by atoms with Gasteiger partial charge in [-0.15, -0.1) is 0 Å². The lowest BCUT2D eigenvalue weighted by Gasteiger charge is -2.12. The van der Waals surface area contributed by atoms with Gasteiger partial charge in [-0.2, -0.15) is 5.26 Å². The summed E-state index contributed by atoms with van der Waals surface area (Å²) in [5, 5.41) is 11.2. The summed E-state index contributed by atoms with van der Waals surface area (Å²) in [4.78, 5) is 11.5. The standard InChI is InChI=1S/C10H18N2O3S/c1-4-16(14,15)6-5-12-10(13)9(7-11)8(2)3/h8-9H,4-6H2,1-3H3,(H,12,13). The number of carbonyl (C=O) groups excluding carboxylic acids is 1. The van der Waals surface area contributed by atoms with Crippen LogP contribution in [0.25, 0.3) is 0 Å². The predicted molar refractivity (Wildman–Crippen MR) is 61.3 cm³/mol. The van der Waals surface area contributed by atoms with Gasteiger partial charge < -0.3 is 5.32 Å². The van der Waals surface area contributed by atoms with Crippen LogP contribution in [0.4, 0.5) is 0 Å². The van der Waals surface area contributed by atoms with E-state index in [4.69, 9.17) is 5.26 Å². The van der Waals surface area contributed by atoms with Gasteiger partial charge in [0, 0.05) is 12.3 Å². The zero-order valence-electron chi connectivity index (χ0n) is 9.86. The summed E-state index contributed by atoms with van der Waals surface area (Å²) in [5.41, 5.74) is 0. The van der Waals surface area contributed by atoms with Crippen molar-refractivity contribution >= 4 is 15.7 Å². The molecule has 0 saturated heterocycles. The molecule has 0 spiro atoms. The van der Waals surface area contributed by atoms with Crippen LogP contribution in [0.15, 0.2) is 0 Å². The van der Waals surface area contributed by atoms with E-state index in [0.717, 1.165) is 0 Å². The number of rotatable bonds is 6. The number of amides is 1. The Morgan fingerprint density at radius 2 is 2.00 bits per heavy atom. The first-order valence-corrected chi connectivity index (χ1v) is 7.04. The second-order valence-electron chi connectivity index (χ2n) is 3.88. The fraction of sp³-hybridized carbons (Fsp3) is 0.800. The zero-order valence-corrected chi connectivity index (χ0v) is 10.7. The second kappa shape index (κ2) is 6.48. The van der Waals surface area contributed by atoms with E-state index in [9.17, 15) is 13.2 Å². The molecule has 0 saturated carbocycles. The third-order valence-corrected chi connectivity index (χ3v) is 3.95. The minimum Gasteiger partial charge on any atom is -0.354 e. The van der Waals surface area contributed by atoms with Crippen LogP contribution in [0.1, 0.15) is 20.8 Å². The van der Waals surface area contributed by atoms with Gasteiger partial charge in [-0.05, 0) is 5.92 Å². The molecular formula is C10H18N2O3S. The summed E-state index contributed by atoms with van der Waals surface area (Å²) in [6.45, 7) is 5.18. The molecule has 0 aromatic carbocycles. The number of nitrogens with one attached hydrogen (secondary N) is 1. The fourth-order valence-electron chi connectivity index (χ4n) is 1.09. The molecule has 0 rings (SSSR count). The van der Waals surface area contributed by atoms with Gasteiger partial charge in [-0.25, -0.2) is 8.42 Å². The van der Waals surface area contributed by atoms with Crippen LogP contribution >= 0.6 is 0 Å². The SMILES string of the molecule is CCS(=O)(=O)CCNC(=O)C(C#N)C(C)C. The molecule has 0 aliphatic heterocycles. The summed E-state index contributed by atoms with van der Waals surface area (Å²) in [7, 11) is -3.07. The molecule has 5 nitrogen and oxygen atoms in total. The highest BCUT2D eigenvalue weighted by molar-refractivity contribution is 7.91. The van der Waals surface area contributed by atoms with Crippen molar-refractivity contribution in [1.29, 1.82) is 5.26 Å². The topological polar surface area (TPSA) is 87.0 Å². The Morgan fingerprint density at radius 1 is 1.44 bits per heavy atom. The zero-order chi connectivity index (χ0) is 12.8. The van der Waals surface area contributed by atoms with Gasteiger partial charge in [0.25, 0.3) is 0 Å². The van der Waals surface area contributed by atoms with Crippen molar-refractivity contribution < 1.29 is 13.2 Å². The Bertz CT molecular complexity index is 368. The van der Waals surface area contributed by atoms with E-state index in [1.165, 1.54) is 0 Å². The summed E-state index contributed by atoms with van der Waals surface area (Å²) in [5.74, 6) is -1.21. The summed E-state index contributed by atoms with van der Waals surface area (Å²) >= 11 is 0. The molecule has 1 unspecified atom stereocenters. The molecule has 0 aliphatic carbocycles. The van der Waals surface area contributed by atoms with Crippen LogP contribution in [0.3, 0.4) is 0 Å². The molecular weight excluding hydrogens is 228 g/mol. The van der Waals surface area contributed by atoms with E-state index in [2.05, 4.69) is 5.32 Å². The van der Waals surface area contributed by atoms with E-state index in [-0.39, 0.29) is 24.0 Å². The van der Waals surface area contributed by atoms with Crippen molar-refractivity contribution in [2.45, 2.75) is 20.8 Å². The van der Waals surface area contributed by atoms with Gasteiger partial charge in [0.1, 0.15) is 5.92 Å². The summed E-state index contributed by atoms with van der Waals surface area (Å²) < 4.78 is 22.3. The van der Waals surface area contributed by atoms with Crippen molar-refractivity contribution in [3.8, 4) is 6.07 Å². The number of hydrogen-bond donors (Lipinski definition) is 1. The van der Waals surface area contributed by atoms with Crippen LogP contribution in [0.5, 0.6) is 0 Å². The Balaban J connectivity index is 4.14. The first kappa shape index (κ1) is 14.9. The molecule has 0 aliphatic rings. The lowest BCUT2D eigenvalue weighted by atomic mass is 9.97. The van der Waals surface area contributed by atoms with E-state index < -0.39 is 21.7 Å². The molecule has 0 aromatic rings. The largest absolute Gasteiger partial charge is 0.354 e. The van der Waals surface area contributed by atoms with Crippen molar-refractivity contribution in [1.82, 2.24) is 5.32 Å². The van der Waals surface area contributed by atoms with Crippen molar-refractivity contribution in [2.24, 2.45) is 11.8 Å². The van der Waals surface area contributed by atoms with Crippen molar-refractivity contribution in [3.05, 3.63) is 0 Å². The van der Waals surface area contributed by atoms with E-state index in [1.54, 1.807) is 20.8 Å². The lowest BCUT2D eigenvalue weighted by molar-refractivity contribution is -0.124. The molecule has 0 radical (unpaired) electrons. The van der Waals surface area contributed by atoms with Crippen LogP contribution in [-0.2, 0) is 14.6 Å². The van der Waals surface area contributed by atoms with Gasteiger partial charge in [0.2, 0.25) is 5.91 Å². The average Bonchev–Trinajstić information content (AvgIpc) is 2.18. The van der Waals surface area contributed by atoms with Crippen molar-refractivity contribution in [2.75, 3.05) is 18.1 Å². The van der Waals surface area contributed by atoms with E-state index >= 15 is 0 Å². The number of nitriles is 1. The Labute approximate surface area is 96.8 Å². The monoisotopic (exact) mass is 246 g/mol. The Morgan fingerprint density at radius 3 is 2.38 bits per heavy atom. The molecule has 1 N–H and O–H groups in total. The highest BCUT2D eigenvalue weighted by Gasteiger charge is 2.21. The summed E-state index contributed by atoms with van der Waals surface area (Å²) in [6, 6.07) is 1.90. The van der Waals surface area contributed by atoms with Gasteiger partial charge >= 0.3 is 0 Å². The maximum atomic E-state index is 11.5. The van der Waals surface area contributed by atoms with Crippen LogP contribution < -0.4 is 5.32 Å². The van der Waals surface area contributed by atoms with Gasteiger partial charge in [-0.1, -0.05) is 20.8 Å². The van der Waals surface area contributed by atoms with Gasteiger partial charge in [0.05, 0.1) is 11.8 Å². The normalized spacial score (nSPS) is 13.2. The highest BCUT2D eigenvalue weighted by atomic mass is 32.2. The van der Waals surface area contributed by atoms with E-state index in [0.29, 0.717) is 0 Å². The van der Waals surface area contributed by atoms with Crippen LogP contribution in [-0.4, -0.2) is 32.4 Å². The van der Waals surface area contributed by atoms with Gasteiger partial charge in [-0.3, -0.25) is 4.79 Å². The third kappa shape index (κ3) is 5.12. The molecule has 92 valence electrons. The summed E-state index contributed by atoms with van der Waals surface area (Å²) in [6.07, 6.45) is 0. The Kier molecular flexibility index (Phi) is 6.04. The molecule has 0 aromatic heterocycles. The molecule has 0 bridgehead atoms. The minimum absolute atomic E-state index is 0.0642. The molecule has 0 fully saturated rings.